The van der Waals surface area contributed by atoms with Crippen molar-refractivity contribution in [2.75, 3.05) is 6.54 Å². The van der Waals surface area contributed by atoms with Gasteiger partial charge in [0.2, 0.25) is 10.0 Å². The molecule has 116 valence electrons. The summed E-state index contributed by atoms with van der Waals surface area (Å²) in [5, 5.41) is 3.27. The van der Waals surface area contributed by atoms with Crippen LogP contribution >= 0.6 is 11.3 Å². The Kier molecular flexibility index (Phi) is 5.51. The topological polar surface area (TPSA) is 76.0 Å². The molecule has 0 bridgehead atoms. The van der Waals surface area contributed by atoms with Crippen molar-refractivity contribution in [3.8, 4) is 0 Å². The zero-order valence-corrected chi connectivity index (χ0v) is 13.7. The van der Waals surface area contributed by atoms with Crippen LogP contribution in [-0.4, -0.2) is 30.6 Å². The van der Waals surface area contributed by atoms with E-state index in [1.807, 2.05) is 10.6 Å². The van der Waals surface area contributed by atoms with E-state index in [0.717, 1.165) is 4.88 Å². The van der Waals surface area contributed by atoms with Crippen LogP contribution in [0.25, 0.3) is 0 Å². The first-order chi connectivity index (χ1) is 9.97. The van der Waals surface area contributed by atoms with Gasteiger partial charge in [-0.15, -0.1) is 11.3 Å². The van der Waals surface area contributed by atoms with Crippen LogP contribution in [0.4, 0.5) is 0 Å². The van der Waals surface area contributed by atoms with Gasteiger partial charge in [0.1, 0.15) is 4.21 Å². The molecule has 0 radical (unpaired) electrons. The minimum absolute atomic E-state index is 0.343. The van der Waals surface area contributed by atoms with Crippen molar-refractivity contribution in [1.29, 1.82) is 0 Å². The molecule has 0 aliphatic carbocycles. The maximum Gasteiger partial charge on any atom is 0.250 e. The maximum absolute atomic E-state index is 12.2. The van der Waals surface area contributed by atoms with Gasteiger partial charge in [0, 0.05) is 42.9 Å². The second-order valence-corrected chi connectivity index (χ2v) is 8.12. The third kappa shape index (κ3) is 4.92. The molecule has 2 heterocycles. The number of hydrogen-bond acceptors (Lipinski definition) is 5. The van der Waals surface area contributed by atoms with E-state index in [9.17, 15) is 8.42 Å². The maximum atomic E-state index is 12.2. The van der Waals surface area contributed by atoms with E-state index >= 15 is 0 Å². The van der Waals surface area contributed by atoms with Gasteiger partial charge in [-0.25, -0.2) is 18.1 Å². The summed E-state index contributed by atoms with van der Waals surface area (Å²) < 4.78 is 29.1. The number of hydrogen-bond donors (Lipinski definition) is 2. The highest BCUT2D eigenvalue weighted by Gasteiger charge is 2.16. The molecule has 2 aromatic rings. The Bertz CT molecular complexity index is 648. The van der Waals surface area contributed by atoms with Crippen LogP contribution in [0.1, 0.15) is 18.7 Å². The highest BCUT2D eigenvalue weighted by molar-refractivity contribution is 7.91. The average molecular weight is 328 g/mol. The quantitative estimate of drug-likeness (QED) is 0.768. The molecule has 0 spiro atoms. The highest BCUT2D eigenvalue weighted by Crippen LogP contribution is 2.21. The van der Waals surface area contributed by atoms with Crippen LogP contribution in [0.15, 0.2) is 35.1 Å². The van der Waals surface area contributed by atoms with Gasteiger partial charge in [-0.2, -0.15) is 0 Å². The molecule has 0 unspecified atom stereocenters. The molecular weight excluding hydrogens is 308 g/mol. The zero-order valence-electron chi connectivity index (χ0n) is 12.1. The summed E-state index contributed by atoms with van der Waals surface area (Å²) in [6, 6.07) is 3.88. The van der Waals surface area contributed by atoms with Gasteiger partial charge in [0.25, 0.3) is 0 Å². The molecule has 2 aromatic heterocycles. The lowest BCUT2D eigenvalue weighted by Gasteiger charge is -2.06. The fourth-order valence-electron chi connectivity index (χ4n) is 1.70. The third-order valence-corrected chi connectivity index (χ3v) is 5.85. The number of aromatic nitrogens is 2. The van der Waals surface area contributed by atoms with Crippen molar-refractivity contribution >= 4 is 21.4 Å². The van der Waals surface area contributed by atoms with E-state index in [-0.39, 0.29) is 0 Å². The number of imidazole rings is 1. The first-order valence-corrected chi connectivity index (χ1v) is 9.05. The van der Waals surface area contributed by atoms with Crippen LogP contribution < -0.4 is 10.0 Å². The molecule has 6 nitrogen and oxygen atoms in total. The molecular formula is C13H20N4O2S2. The van der Waals surface area contributed by atoms with Crippen molar-refractivity contribution < 1.29 is 8.42 Å². The van der Waals surface area contributed by atoms with Gasteiger partial charge in [-0.3, -0.25) is 0 Å². The van der Waals surface area contributed by atoms with E-state index in [2.05, 4.69) is 28.9 Å². The summed E-state index contributed by atoms with van der Waals surface area (Å²) >= 11 is 1.30. The van der Waals surface area contributed by atoms with Gasteiger partial charge >= 0.3 is 0 Å². The van der Waals surface area contributed by atoms with Crippen LogP contribution in [0, 0.1) is 0 Å². The normalized spacial score (nSPS) is 12.1. The molecule has 0 saturated carbocycles. The zero-order chi connectivity index (χ0) is 15.3. The van der Waals surface area contributed by atoms with E-state index in [1.54, 1.807) is 24.8 Å². The van der Waals surface area contributed by atoms with Crippen molar-refractivity contribution in [2.24, 2.45) is 0 Å². The molecule has 0 aliphatic rings. The van der Waals surface area contributed by atoms with Gasteiger partial charge in [0.15, 0.2) is 0 Å². The fourth-order valence-corrected chi connectivity index (χ4v) is 4.07. The summed E-state index contributed by atoms with van der Waals surface area (Å²) in [5.74, 6) is 0. The van der Waals surface area contributed by atoms with Crippen molar-refractivity contribution in [1.82, 2.24) is 19.6 Å². The minimum Gasteiger partial charge on any atom is -0.336 e. The van der Waals surface area contributed by atoms with E-state index < -0.39 is 10.0 Å². The van der Waals surface area contributed by atoms with Crippen LogP contribution in [0.2, 0.25) is 0 Å². The predicted octanol–water partition coefficient (Wildman–Crippen LogP) is 1.42. The lowest BCUT2D eigenvalue weighted by molar-refractivity contribution is 0.575. The first-order valence-electron chi connectivity index (χ1n) is 6.75. The Morgan fingerprint density at radius 1 is 1.38 bits per heavy atom. The number of nitrogens with zero attached hydrogens (tertiary/aromatic N) is 2. The highest BCUT2D eigenvalue weighted by atomic mass is 32.2. The van der Waals surface area contributed by atoms with E-state index in [1.165, 1.54) is 11.3 Å². The molecule has 0 atom stereocenters. The second kappa shape index (κ2) is 7.17. The van der Waals surface area contributed by atoms with Crippen LogP contribution in [0.3, 0.4) is 0 Å². The largest absolute Gasteiger partial charge is 0.336 e. The monoisotopic (exact) mass is 328 g/mol. The summed E-state index contributed by atoms with van der Waals surface area (Å²) in [6.45, 7) is 5.71. The Labute approximate surface area is 129 Å². The Hall–Kier alpha value is -1.22. The van der Waals surface area contributed by atoms with Gasteiger partial charge < -0.3 is 9.88 Å². The molecule has 0 fully saturated rings. The lowest BCUT2D eigenvalue weighted by Crippen LogP contribution is -2.26. The SMILES string of the molecule is CC(C)NCc1ccc(S(=O)(=O)NCCn2ccnc2)s1. The Morgan fingerprint density at radius 2 is 2.19 bits per heavy atom. The molecule has 0 saturated heterocycles. The molecule has 21 heavy (non-hydrogen) atoms. The number of rotatable bonds is 8. The summed E-state index contributed by atoms with van der Waals surface area (Å²) in [7, 11) is -3.42. The molecule has 2 N–H and O–H groups in total. The summed E-state index contributed by atoms with van der Waals surface area (Å²) in [6.07, 6.45) is 5.13. The van der Waals surface area contributed by atoms with Gasteiger partial charge in [-0.05, 0) is 12.1 Å². The minimum atomic E-state index is -3.42. The first kappa shape index (κ1) is 16.2. The number of nitrogens with one attached hydrogen (secondary N) is 2. The number of thiophene rings is 1. The van der Waals surface area contributed by atoms with Crippen molar-refractivity contribution in [3.63, 3.8) is 0 Å². The Balaban J connectivity index is 1.89. The molecule has 0 amide bonds. The molecule has 0 aliphatic heterocycles. The average Bonchev–Trinajstić information content (AvgIpc) is 3.07. The smallest absolute Gasteiger partial charge is 0.250 e. The van der Waals surface area contributed by atoms with Crippen LogP contribution in [-0.2, 0) is 23.1 Å². The Morgan fingerprint density at radius 3 is 2.86 bits per heavy atom. The van der Waals surface area contributed by atoms with Gasteiger partial charge in [-0.1, -0.05) is 13.8 Å². The van der Waals surface area contributed by atoms with E-state index in [4.69, 9.17) is 0 Å². The summed E-state index contributed by atoms with van der Waals surface area (Å²) in [4.78, 5) is 4.93. The lowest BCUT2D eigenvalue weighted by atomic mass is 10.4. The predicted molar refractivity (Wildman–Crippen MR) is 83.7 cm³/mol. The van der Waals surface area contributed by atoms with Crippen molar-refractivity contribution in [3.05, 3.63) is 35.7 Å². The third-order valence-electron chi connectivity index (χ3n) is 2.81. The standard InChI is InChI=1S/C13H20N4O2S2/c1-11(2)15-9-12-3-4-13(20-12)21(18,19)16-6-8-17-7-5-14-10-17/h3-5,7,10-11,15-16H,6,8-9H2,1-2H3. The molecule has 2 rings (SSSR count). The van der Waals surface area contributed by atoms with Gasteiger partial charge in [0.05, 0.1) is 6.33 Å². The fraction of sp³-hybridized carbons (Fsp3) is 0.462. The number of sulfonamides is 1. The second-order valence-electron chi connectivity index (χ2n) is 4.95. The molecule has 8 heteroatoms. The van der Waals surface area contributed by atoms with E-state index in [0.29, 0.717) is 29.9 Å². The van der Waals surface area contributed by atoms with Crippen molar-refractivity contribution in [2.45, 2.75) is 37.2 Å². The molecule has 0 aromatic carbocycles. The van der Waals surface area contributed by atoms with Crippen LogP contribution in [0.5, 0.6) is 0 Å². The summed E-state index contributed by atoms with van der Waals surface area (Å²) in [5.41, 5.74) is 0.